The Bertz CT molecular complexity index is 331. The molecule has 88 valence electrons. The van der Waals surface area contributed by atoms with Crippen molar-refractivity contribution in [1.82, 2.24) is 0 Å². The zero-order chi connectivity index (χ0) is 11.4. The first-order chi connectivity index (χ1) is 7.77. The largest absolute Gasteiger partial charge is 0.378 e. The van der Waals surface area contributed by atoms with Crippen molar-refractivity contribution >= 4 is 0 Å². The second-order valence-corrected chi connectivity index (χ2v) is 4.68. The van der Waals surface area contributed by atoms with Crippen molar-refractivity contribution in [3.8, 4) is 0 Å². The van der Waals surface area contributed by atoms with Crippen molar-refractivity contribution in [3.63, 3.8) is 0 Å². The Morgan fingerprint density at radius 2 is 2.25 bits per heavy atom. The van der Waals surface area contributed by atoms with Crippen LogP contribution in [-0.4, -0.2) is 12.7 Å². The van der Waals surface area contributed by atoms with Gasteiger partial charge in [-0.3, -0.25) is 0 Å². The number of benzene rings is 1. The minimum absolute atomic E-state index is 0.158. The molecule has 2 nitrogen and oxygen atoms in total. The van der Waals surface area contributed by atoms with Crippen LogP contribution in [0.4, 0.5) is 0 Å². The van der Waals surface area contributed by atoms with E-state index in [1.165, 1.54) is 24.0 Å². The lowest BCUT2D eigenvalue weighted by Crippen LogP contribution is -2.15. The number of rotatable bonds is 4. The molecular formula is C14H21NO. The minimum atomic E-state index is 0.158. The van der Waals surface area contributed by atoms with Crippen molar-refractivity contribution in [2.45, 2.75) is 44.8 Å². The zero-order valence-corrected chi connectivity index (χ0v) is 9.99. The SMILES string of the molecule is Cc1ccccc1C(N)CCC1CCCO1. The molecule has 1 aromatic carbocycles. The maximum atomic E-state index is 6.22. The van der Waals surface area contributed by atoms with Crippen molar-refractivity contribution in [1.29, 1.82) is 0 Å². The Morgan fingerprint density at radius 3 is 2.94 bits per heavy atom. The van der Waals surface area contributed by atoms with Crippen LogP contribution < -0.4 is 5.73 Å². The van der Waals surface area contributed by atoms with Crippen LogP contribution in [0, 0.1) is 6.92 Å². The molecule has 0 aliphatic carbocycles. The molecule has 16 heavy (non-hydrogen) atoms. The lowest BCUT2D eigenvalue weighted by Gasteiger charge is -2.16. The summed E-state index contributed by atoms with van der Waals surface area (Å²) in [5.74, 6) is 0. The van der Waals surface area contributed by atoms with E-state index in [9.17, 15) is 0 Å². The van der Waals surface area contributed by atoms with Crippen molar-refractivity contribution < 1.29 is 4.74 Å². The first-order valence-electron chi connectivity index (χ1n) is 6.20. The summed E-state index contributed by atoms with van der Waals surface area (Å²) in [6, 6.07) is 8.54. The maximum Gasteiger partial charge on any atom is 0.0576 e. The summed E-state index contributed by atoms with van der Waals surface area (Å²) in [5, 5.41) is 0. The molecule has 0 aromatic heterocycles. The van der Waals surface area contributed by atoms with Gasteiger partial charge in [0.25, 0.3) is 0 Å². The fourth-order valence-corrected chi connectivity index (χ4v) is 2.40. The molecule has 1 saturated heterocycles. The highest BCUT2D eigenvalue weighted by Gasteiger charge is 2.17. The predicted octanol–water partition coefficient (Wildman–Crippen LogP) is 2.95. The molecule has 2 rings (SSSR count). The van der Waals surface area contributed by atoms with Gasteiger partial charge in [0.2, 0.25) is 0 Å². The Balaban J connectivity index is 1.87. The van der Waals surface area contributed by atoms with Crippen LogP contribution in [0.3, 0.4) is 0 Å². The summed E-state index contributed by atoms with van der Waals surface area (Å²) in [6.45, 7) is 3.06. The Labute approximate surface area is 97.8 Å². The van der Waals surface area contributed by atoms with Crippen LogP contribution in [0.1, 0.15) is 42.9 Å². The summed E-state index contributed by atoms with van der Waals surface area (Å²) in [7, 11) is 0. The molecule has 1 fully saturated rings. The number of hydrogen-bond acceptors (Lipinski definition) is 2. The standard InChI is InChI=1S/C14H21NO/c1-11-5-2-3-7-13(11)14(15)9-8-12-6-4-10-16-12/h2-3,5,7,12,14H,4,6,8-10,15H2,1H3. The van der Waals surface area contributed by atoms with E-state index in [4.69, 9.17) is 10.5 Å². The molecule has 2 N–H and O–H groups in total. The van der Waals surface area contributed by atoms with Gasteiger partial charge in [0.05, 0.1) is 6.10 Å². The molecule has 1 aliphatic rings. The fourth-order valence-electron chi connectivity index (χ4n) is 2.40. The van der Waals surface area contributed by atoms with E-state index in [0.717, 1.165) is 19.4 Å². The predicted molar refractivity (Wildman–Crippen MR) is 66.3 cm³/mol. The van der Waals surface area contributed by atoms with Crippen LogP contribution >= 0.6 is 0 Å². The van der Waals surface area contributed by atoms with Crippen LogP contribution in [0.15, 0.2) is 24.3 Å². The first kappa shape index (κ1) is 11.6. The quantitative estimate of drug-likeness (QED) is 0.845. The summed E-state index contributed by atoms with van der Waals surface area (Å²) in [5.41, 5.74) is 8.79. The Morgan fingerprint density at radius 1 is 1.44 bits per heavy atom. The van der Waals surface area contributed by atoms with Gasteiger partial charge in [-0.05, 0) is 43.7 Å². The molecule has 2 atom stereocenters. The van der Waals surface area contributed by atoms with Crippen molar-refractivity contribution in [2.24, 2.45) is 5.73 Å². The summed E-state index contributed by atoms with van der Waals surface area (Å²) < 4.78 is 5.61. The highest BCUT2D eigenvalue weighted by molar-refractivity contribution is 5.28. The van der Waals surface area contributed by atoms with E-state index >= 15 is 0 Å². The molecule has 0 bridgehead atoms. The van der Waals surface area contributed by atoms with E-state index in [1.54, 1.807) is 0 Å². The summed E-state index contributed by atoms with van der Waals surface area (Å²) in [4.78, 5) is 0. The van der Waals surface area contributed by atoms with Gasteiger partial charge >= 0.3 is 0 Å². The van der Waals surface area contributed by atoms with Gasteiger partial charge in [0, 0.05) is 12.6 Å². The molecule has 2 heteroatoms. The molecule has 1 heterocycles. The molecule has 0 amide bonds. The normalized spacial score (nSPS) is 22.2. The maximum absolute atomic E-state index is 6.22. The van der Waals surface area contributed by atoms with Gasteiger partial charge in [0.1, 0.15) is 0 Å². The lowest BCUT2D eigenvalue weighted by molar-refractivity contribution is 0.101. The monoisotopic (exact) mass is 219 g/mol. The van der Waals surface area contributed by atoms with Crippen LogP contribution in [0.5, 0.6) is 0 Å². The van der Waals surface area contributed by atoms with Crippen LogP contribution in [0.2, 0.25) is 0 Å². The van der Waals surface area contributed by atoms with E-state index in [2.05, 4.69) is 31.2 Å². The molecule has 0 spiro atoms. The van der Waals surface area contributed by atoms with Gasteiger partial charge in [-0.2, -0.15) is 0 Å². The number of aryl methyl sites for hydroxylation is 1. The third kappa shape index (κ3) is 2.83. The minimum Gasteiger partial charge on any atom is -0.378 e. The van der Waals surface area contributed by atoms with Crippen molar-refractivity contribution in [3.05, 3.63) is 35.4 Å². The van der Waals surface area contributed by atoms with Gasteiger partial charge < -0.3 is 10.5 Å². The number of nitrogens with two attached hydrogens (primary N) is 1. The van der Waals surface area contributed by atoms with E-state index in [1.807, 2.05) is 0 Å². The topological polar surface area (TPSA) is 35.2 Å². The number of hydrogen-bond donors (Lipinski definition) is 1. The van der Waals surface area contributed by atoms with Gasteiger partial charge in [-0.1, -0.05) is 24.3 Å². The third-order valence-electron chi connectivity index (χ3n) is 3.41. The van der Waals surface area contributed by atoms with Crippen LogP contribution in [-0.2, 0) is 4.74 Å². The van der Waals surface area contributed by atoms with Gasteiger partial charge in [-0.25, -0.2) is 0 Å². The first-order valence-corrected chi connectivity index (χ1v) is 6.20. The second kappa shape index (κ2) is 5.46. The molecule has 2 unspecified atom stereocenters. The molecule has 0 saturated carbocycles. The van der Waals surface area contributed by atoms with Gasteiger partial charge in [-0.15, -0.1) is 0 Å². The van der Waals surface area contributed by atoms with Crippen LogP contribution in [0.25, 0.3) is 0 Å². The summed E-state index contributed by atoms with van der Waals surface area (Å²) in [6.07, 6.45) is 4.99. The molecule has 1 aromatic rings. The zero-order valence-electron chi connectivity index (χ0n) is 9.99. The second-order valence-electron chi connectivity index (χ2n) is 4.68. The molecular weight excluding hydrogens is 198 g/mol. The molecule has 1 aliphatic heterocycles. The van der Waals surface area contributed by atoms with Gasteiger partial charge in [0.15, 0.2) is 0 Å². The number of ether oxygens (including phenoxy) is 1. The smallest absolute Gasteiger partial charge is 0.0576 e. The third-order valence-corrected chi connectivity index (χ3v) is 3.41. The Hall–Kier alpha value is -0.860. The average molecular weight is 219 g/mol. The van der Waals surface area contributed by atoms with Crippen molar-refractivity contribution in [2.75, 3.05) is 6.61 Å². The highest BCUT2D eigenvalue weighted by atomic mass is 16.5. The summed E-state index contributed by atoms with van der Waals surface area (Å²) >= 11 is 0. The van der Waals surface area contributed by atoms with E-state index in [0.29, 0.717) is 6.10 Å². The fraction of sp³-hybridized carbons (Fsp3) is 0.571. The Kier molecular flexibility index (Phi) is 3.97. The highest BCUT2D eigenvalue weighted by Crippen LogP contribution is 2.24. The molecule has 0 radical (unpaired) electrons. The van der Waals surface area contributed by atoms with E-state index in [-0.39, 0.29) is 6.04 Å². The lowest BCUT2D eigenvalue weighted by atomic mass is 9.96. The van der Waals surface area contributed by atoms with E-state index < -0.39 is 0 Å². The average Bonchev–Trinajstić information content (AvgIpc) is 2.79.